The molecule has 9 nitrogen and oxygen atoms in total. The molecule has 0 unspecified atom stereocenters. The number of carboxylic acid groups (broad SMARTS) is 1. The van der Waals surface area contributed by atoms with Crippen LogP contribution in [0.3, 0.4) is 0 Å². The first-order valence-electron chi connectivity index (χ1n) is 12.7. The SMILES string of the molecule is Cc1c(Nc2cnn(C34C[C@H]5C[C@@H](CC(CC(=O)O)(C5)C3)C4)c(=O)c2Cl)c(=O)n(-c2ccccc2)n1C. The zero-order valence-corrected chi connectivity index (χ0v) is 21.7. The molecule has 0 spiro atoms. The molecule has 0 radical (unpaired) electrons. The first-order chi connectivity index (χ1) is 17.6. The Morgan fingerprint density at radius 2 is 1.81 bits per heavy atom. The summed E-state index contributed by atoms with van der Waals surface area (Å²) in [4.78, 5) is 38.6. The van der Waals surface area contributed by atoms with Crippen molar-refractivity contribution in [3.8, 4) is 5.69 Å². The van der Waals surface area contributed by atoms with Crippen molar-refractivity contribution < 1.29 is 9.90 Å². The molecule has 3 aromatic rings. The number of para-hydroxylation sites is 1. The van der Waals surface area contributed by atoms with Crippen molar-refractivity contribution in [2.75, 3.05) is 5.32 Å². The summed E-state index contributed by atoms with van der Waals surface area (Å²) >= 11 is 6.63. The van der Waals surface area contributed by atoms with Crippen LogP contribution in [-0.2, 0) is 17.4 Å². The van der Waals surface area contributed by atoms with Gasteiger partial charge in [-0.3, -0.25) is 19.1 Å². The van der Waals surface area contributed by atoms with Crippen LogP contribution in [-0.4, -0.2) is 30.2 Å². The van der Waals surface area contributed by atoms with Gasteiger partial charge in [-0.1, -0.05) is 29.8 Å². The Hall–Kier alpha value is -3.33. The summed E-state index contributed by atoms with van der Waals surface area (Å²) in [6.45, 7) is 1.82. The number of nitrogens with zero attached hydrogens (tertiary/aromatic N) is 4. The average Bonchev–Trinajstić information content (AvgIpc) is 3.03. The maximum atomic E-state index is 13.6. The fraction of sp³-hybridized carbons (Fsp3) is 0.481. The molecule has 4 saturated carbocycles. The fourth-order valence-corrected chi connectivity index (χ4v) is 8.06. The Labute approximate surface area is 218 Å². The molecule has 10 heteroatoms. The number of aliphatic carboxylic acids is 1. The molecule has 4 bridgehead atoms. The fourth-order valence-electron chi connectivity index (χ4n) is 7.88. The number of hydrogen-bond acceptors (Lipinski definition) is 5. The quantitative estimate of drug-likeness (QED) is 0.500. The number of hydrogen-bond donors (Lipinski definition) is 2. The minimum atomic E-state index is -0.783. The molecule has 1 aromatic carbocycles. The number of anilines is 2. The zero-order chi connectivity index (χ0) is 26.1. The highest BCUT2D eigenvalue weighted by atomic mass is 35.5. The number of carbonyl (C=O) groups is 1. The zero-order valence-electron chi connectivity index (χ0n) is 20.9. The lowest BCUT2D eigenvalue weighted by molar-refractivity contribution is -0.151. The van der Waals surface area contributed by atoms with E-state index in [-0.39, 0.29) is 28.1 Å². The van der Waals surface area contributed by atoms with Gasteiger partial charge in [-0.2, -0.15) is 5.10 Å². The van der Waals surface area contributed by atoms with Crippen LogP contribution in [0.5, 0.6) is 0 Å². The van der Waals surface area contributed by atoms with Crippen molar-refractivity contribution in [3.63, 3.8) is 0 Å². The third-order valence-electron chi connectivity index (χ3n) is 8.86. The van der Waals surface area contributed by atoms with Gasteiger partial charge in [-0.05, 0) is 74.8 Å². The van der Waals surface area contributed by atoms with E-state index in [4.69, 9.17) is 11.6 Å². The number of rotatable bonds is 6. The molecule has 0 aliphatic heterocycles. The lowest BCUT2D eigenvalue weighted by atomic mass is 9.46. The van der Waals surface area contributed by atoms with Crippen LogP contribution in [0.2, 0.25) is 5.02 Å². The molecule has 2 heterocycles. The lowest BCUT2D eigenvalue weighted by Crippen LogP contribution is -2.59. The highest BCUT2D eigenvalue weighted by Crippen LogP contribution is 2.65. The van der Waals surface area contributed by atoms with Crippen LogP contribution >= 0.6 is 11.6 Å². The number of halogens is 1. The van der Waals surface area contributed by atoms with Gasteiger partial charge in [0.1, 0.15) is 10.7 Å². The molecule has 4 aliphatic carbocycles. The molecule has 2 aromatic heterocycles. The Balaban J connectivity index is 1.36. The van der Waals surface area contributed by atoms with Crippen molar-refractivity contribution in [3.05, 3.63) is 68.0 Å². The minimum absolute atomic E-state index is 0.0213. The van der Waals surface area contributed by atoms with Crippen LogP contribution in [0.4, 0.5) is 11.4 Å². The highest BCUT2D eigenvalue weighted by molar-refractivity contribution is 6.33. The van der Waals surface area contributed by atoms with E-state index in [1.165, 1.54) is 10.9 Å². The van der Waals surface area contributed by atoms with Gasteiger partial charge in [0.15, 0.2) is 0 Å². The van der Waals surface area contributed by atoms with Crippen molar-refractivity contribution in [2.24, 2.45) is 24.3 Å². The van der Waals surface area contributed by atoms with E-state index in [0.29, 0.717) is 29.6 Å². The van der Waals surface area contributed by atoms with Gasteiger partial charge >= 0.3 is 5.97 Å². The van der Waals surface area contributed by atoms with Crippen molar-refractivity contribution >= 4 is 28.9 Å². The molecular formula is C27H30ClN5O4. The Morgan fingerprint density at radius 3 is 2.46 bits per heavy atom. The second kappa shape index (κ2) is 8.34. The van der Waals surface area contributed by atoms with Gasteiger partial charge in [0.05, 0.1) is 35.2 Å². The molecule has 7 rings (SSSR count). The summed E-state index contributed by atoms with van der Waals surface area (Å²) in [5, 5.41) is 17.2. The maximum absolute atomic E-state index is 13.6. The smallest absolute Gasteiger partial charge is 0.303 e. The molecule has 37 heavy (non-hydrogen) atoms. The second-order valence-corrected chi connectivity index (χ2v) is 11.8. The summed E-state index contributed by atoms with van der Waals surface area (Å²) in [6.07, 6.45) is 6.82. The first-order valence-corrected chi connectivity index (χ1v) is 13.1. The second-order valence-electron chi connectivity index (χ2n) is 11.4. The normalized spacial score (nSPS) is 28.0. The largest absolute Gasteiger partial charge is 0.481 e. The third-order valence-corrected chi connectivity index (χ3v) is 9.22. The van der Waals surface area contributed by atoms with Crippen molar-refractivity contribution in [1.29, 1.82) is 0 Å². The number of aromatic nitrogens is 4. The third kappa shape index (κ3) is 3.74. The van der Waals surface area contributed by atoms with Gasteiger partial charge < -0.3 is 10.4 Å². The van der Waals surface area contributed by atoms with E-state index >= 15 is 0 Å². The van der Waals surface area contributed by atoms with E-state index in [9.17, 15) is 19.5 Å². The molecule has 194 valence electrons. The molecule has 0 saturated heterocycles. The van der Waals surface area contributed by atoms with Crippen molar-refractivity contribution in [2.45, 2.75) is 57.4 Å². The summed E-state index contributed by atoms with van der Waals surface area (Å²) in [6, 6.07) is 9.31. The lowest BCUT2D eigenvalue weighted by Gasteiger charge is -2.61. The Bertz CT molecular complexity index is 1510. The van der Waals surface area contributed by atoms with E-state index < -0.39 is 17.1 Å². The molecule has 2 N–H and O–H groups in total. The monoisotopic (exact) mass is 523 g/mol. The molecule has 0 amide bonds. The standard InChI is InChI=1S/C27H30ClN5O4/c1-16-23(25(37)32(31(16)2)19-6-4-3-5-7-19)30-20-14-29-33(24(36)22(20)28)27-11-17-8-18(12-27)10-26(9-17,15-27)13-21(34)35/h3-7,14,17-18,30H,8-13,15H2,1-2H3,(H,34,35)/t17-,18-,26?,27?/m0/s1. The van der Waals surface area contributed by atoms with E-state index in [1.807, 2.05) is 37.3 Å². The summed E-state index contributed by atoms with van der Waals surface area (Å²) in [7, 11) is 1.80. The predicted octanol–water partition coefficient (Wildman–Crippen LogP) is 4.21. The van der Waals surface area contributed by atoms with Crippen LogP contribution in [0.25, 0.3) is 5.69 Å². The number of benzene rings is 1. The maximum Gasteiger partial charge on any atom is 0.303 e. The van der Waals surface area contributed by atoms with Crippen LogP contribution in [0.1, 0.15) is 50.6 Å². The average molecular weight is 524 g/mol. The topological polar surface area (TPSA) is 111 Å². The minimum Gasteiger partial charge on any atom is -0.481 e. The summed E-state index contributed by atoms with van der Waals surface area (Å²) < 4.78 is 4.83. The summed E-state index contributed by atoms with van der Waals surface area (Å²) in [5.74, 6) is 0.0120. The van der Waals surface area contributed by atoms with Crippen LogP contribution in [0, 0.1) is 24.2 Å². The first kappa shape index (κ1) is 24.0. The number of carboxylic acids is 1. The van der Waals surface area contributed by atoms with Crippen molar-refractivity contribution in [1.82, 2.24) is 19.1 Å². The van der Waals surface area contributed by atoms with Gasteiger partial charge in [0, 0.05) is 7.05 Å². The summed E-state index contributed by atoms with van der Waals surface area (Å²) in [5.41, 5.74) is 0.542. The van der Waals surface area contributed by atoms with Gasteiger partial charge in [0.25, 0.3) is 11.1 Å². The van der Waals surface area contributed by atoms with Crippen LogP contribution < -0.4 is 16.4 Å². The predicted molar refractivity (Wildman–Crippen MR) is 140 cm³/mol. The Morgan fingerprint density at radius 1 is 1.14 bits per heavy atom. The van der Waals surface area contributed by atoms with Crippen LogP contribution in [0.15, 0.2) is 46.1 Å². The number of nitrogens with one attached hydrogen (secondary N) is 1. The van der Waals surface area contributed by atoms with E-state index in [2.05, 4.69) is 10.4 Å². The van der Waals surface area contributed by atoms with Gasteiger partial charge in [-0.15, -0.1) is 0 Å². The Kier molecular flexibility index (Phi) is 5.42. The molecule has 2 atom stereocenters. The van der Waals surface area contributed by atoms with E-state index in [0.717, 1.165) is 37.8 Å². The van der Waals surface area contributed by atoms with Gasteiger partial charge in [-0.25, -0.2) is 9.36 Å². The molecule has 4 aliphatic rings. The molecule has 4 fully saturated rings. The molecular weight excluding hydrogens is 494 g/mol. The van der Waals surface area contributed by atoms with Gasteiger partial charge in [0.2, 0.25) is 0 Å². The van der Waals surface area contributed by atoms with E-state index in [1.54, 1.807) is 16.4 Å². The highest BCUT2D eigenvalue weighted by Gasteiger charge is 2.59.